The lowest BCUT2D eigenvalue weighted by Gasteiger charge is -2.24. The molecule has 0 aliphatic carbocycles. The van der Waals surface area contributed by atoms with Crippen LogP contribution in [0.2, 0.25) is 0 Å². The van der Waals surface area contributed by atoms with Gasteiger partial charge in [-0.25, -0.2) is 0 Å². The van der Waals surface area contributed by atoms with Crippen molar-refractivity contribution in [2.24, 2.45) is 0 Å². The fourth-order valence-corrected chi connectivity index (χ4v) is 1.25. The van der Waals surface area contributed by atoms with E-state index in [0.717, 1.165) is 0 Å². The summed E-state index contributed by atoms with van der Waals surface area (Å²) < 4.78 is 14.3. The van der Waals surface area contributed by atoms with Crippen LogP contribution in [0.15, 0.2) is 0 Å². The molecule has 9 heteroatoms. The van der Waals surface area contributed by atoms with E-state index in [0.29, 0.717) is 0 Å². The number of aliphatic hydroxyl groups is 4. The van der Waals surface area contributed by atoms with Crippen LogP contribution in [0.1, 0.15) is 0 Å². The van der Waals surface area contributed by atoms with Crippen molar-refractivity contribution in [2.45, 2.75) is 24.4 Å². The molecule has 5 atom stereocenters. The summed E-state index contributed by atoms with van der Waals surface area (Å²) in [7, 11) is -3.45. The Morgan fingerprint density at radius 1 is 1.27 bits per heavy atom. The van der Waals surface area contributed by atoms with Crippen LogP contribution in [-0.2, 0) is 13.9 Å². The Bertz CT molecular complexity index is 221. The molecule has 5 N–H and O–H groups in total. The maximum Gasteiger partial charge on any atom is 0.317 e. The third-order valence-corrected chi connectivity index (χ3v) is 2.11. The summed E-state index contributed by atoms with van der Waals surface area (Å²) in [6, 6.07) is 0. The standard InChI is InChI=1S/C6H13O8P/c7-1-3(9)5(10)6(11)4(2-8)14-15(12)13/h2-7,9-11,15H,1H2,(H,12,13)/t3-,4-,5-,6-/m1/s1. The minimum absolute atomic E-state index is 0.0107. The molecule has 0 fully saturated rings. The molecule has 0 spiro atoms. The molecule has 0 heterocycles. The van der Waals surface area contributed by atoms with E-state index in [4.69, 9.17) is 20.2 Å². The zero-order valence-corrected chi connectivity index (χ0v) is 8.55. The third-order valence-electron chi connectivity index (χ3n) is 1.64. The number of hydrogen-bond acceptors (Lipinski definition) is 7. The molecule has 0 aromatic carbocycles. The topological polar surface area (TPSA) is 145 Å². The molecule has 0 amide bonds. The molecule has 15 heavy (non-hydrogen) atoms. The van der Waals surface area contributed by atoms with Gasteiger partial charge < -0.3 is 30.1 Å². The van der Waals surface area contributed by atoms with Crippen LogP contribution in [0.5, 0.6) is 0 Å². The second-order valence-electron chi connectivity index (χ2n) is 2.72. The third kappa shape index (κ3) is 4.80. The van der Waals surface area contributed by atoms with Crippen LogP contribution in [0.3, 0.4) is 0 Å². The van der Waals surface area contributed by atoms with Gasteiger partial charge >= 0.3 is 8.25 Å². The minimum Gasteiger partial charge on any atom is -0.394 e. The molecular weight excluding hydrogens is 231 g/mol. The minimum atomic E-state index is -3.45. The van der Waals surface area contributed by atoms with Gasteiger partial charge in [0.25, 0.3) is 0 Å². The first-order chi connectivity index (χ1) is 6.93. The zero-order chi connectivity index (χ0) is 12.0. The fourth-order valence-electron chi connectivity index (χ4n) is 0.824. The van der Waals surface area contributed by atoms with E-state index in [1.807, 2.05) is 0 Å². The molecule has 0 saturated carbocycles. The molecule has 0 aromatic rings. The quantitative estimate of drug-likeness (QED) is 0.236. The van der Waals surface area contributed by atoms with Crippen molar-refractivity contribution in [3.63, 3.8) is 0 Å². The van der Waals surface area contributed by atoms with E-state index in [-0.39, 0.29) is 6.29 Å². The van der Waals surface area contributed by atoms with E-state index >= 15 is 0 Å². The van der Waals surface area contributed by atoms with Gasteiger partial charge in [0.2, 0.25) is 0 Å². The highest BCUT2D eigenvalue weighted by Crippen LogP contribution is 2.20. The summed E-state index contributed by atoms with van der Waals surface area (Å²) in [5, 5.41) is 35.7. The van der Waals surface area contributed by atoms with Crippen molar-refractivity contribution in [1.29, 1.82) is 0 Å². The predicted molar refractivity (Wildman–Crippen MR) is 47.3 cm³/mol. The summed E-state index contributed by atoms with van der Waals surface area (Å²) >= 11 is 0. The molecule has 90 valence electrons. The van der Waals surface area contributed by atoms with E-state index < -0.39 is 39.3 Å². The van der Waals surface area contributed by atoms with E-state index in [9.17, 15) is 14.5 Å². The van der Waals surface area contributed by atoms with E-state index in [2.05, 4.69) is 4.52 Å². The number of carbonyl (C=O) groups is 1. The van der Waals surface area contributed by atoms with Crippen molar-refractivity contribution < 1.29 is 39.2 Å². The molecule has 0 bridgehead atoms. The largest absolute Gasteiger partial charge is 0.394 e. The molecule has 0 aromatic heterocycles. The van der Waals surface area contributed by atoms with Crippen LogP contribution in [0, 0.1) is 0 Å². The normalized spacial score (nSPS) is 21.4. The molecule has 0 saturated heterocycles. The second-order valence-corrected chi connectivity index (χ2v) is 3.48. The zero-order valence-electron chi connectivity index (χ0n) is 7.55. The summed E-state index contributed by atoms with van der Waals surface area (Å²) in [6.07, 6.45) is -7.15. The number of aliphatic hydroxyl groups excluding tert-OH is 4. The van der Waals surface area contributed by atoms with Gasteiger partial charge in [-0.1, -0.05) is 0 Å². The van der Waals surface area contributed by atoms with Crippen LogP contribution < -0.4 is 0 Å². The van der Waals surface area contributed by atoms with Crippen molar-refractivity contribution >= 4 is 14.5 Å². The van der Waals surface area contributed by atoms with Crippen LogP contribution in [0.25, 0.3) is 0 Å². The van der Waals surface area contributed by atoms with E-state index in [1.165, 1.54) is 0 Å². The second kappa shape index (κ2) is 7.02. The van der Waals surface area contributed by atoms with Crippen molar-refractivity contribution in [3.8, 4) is 0 Å². The summed E-state index contributed by atoms with van der Waals surface area (Å²) in [5.74, 6) is 0. The van der Waals surface area contributed by atoms with Crippen LogP contribution in [0.4, 0.5) is 0 Å². The van der Waals surface area contributed by atoms with Crippen LogP contribution >= 0.6 is 8.25 Å². The Morgan fingerprint density at radius 3 is 2.13 bits per heavy atom. The van der Waals surface area contributed by atoms with Crippen molar-refractivity contribution in [3.05, 3.63) is 0 Å². The Balaban J connectivity index is 4.42. The highest BCUT2D eigenvalue weighted by atomic mass is 31.1. The Hall–Kier alpha value is -0.340. The average Bonchev–Trinajstić information content (AvgIpc) is 2.22. The van der Waals surface area contributed by atoms with E-state index in [1.54, 1.807) is 0 Å². The maximum absolute atomic E-state index is 10.3. The Kier molecular flexibility index (Phi) is 6.86. The highest BCUT2D eigenvalue weighted by Gasteiger charge is 2.32. The highest BCUT2D eigenvalue weighted by molar-refractivity contribution is 7.32. The van der Waals surface area contributed by atoms with Gasteiger partial charge in [0.05, 0.1) is 6.61 Å². The lowest BCUT2D eigenvalue weighted by Crippen LogP contribution is -2.46. The van der Waals surface area contributed by atoms with Gasteiger partial charge in [0.15, 0.2) is 12.4 Å². The predicted octanol–water partition coefficient (Wildman–Crippen LogP) is -2.97. The Labute approximate surface area is 85.7 Å². The van der Waals surface area contributed by atoms with Gasteiger partial charge in [-0.15, -0.1) is 0 Å². The monoisotopic (exact) mass is 244 g/mol. The first kappa shape index (κ1) is 14.7. The van der Waals surface area contributed by atoms with Gasteiger partial charge in [0.1, 0.15) is 18.3 Å². The lowest BCUT2D eigenvalue weighted by molar-refractivity contribution is -0.133. The molecule has 0 radical (unpaired) electrons. The number of aldehydes is 1. The summed E-state index contributed by atoms with van der Waals surface area (Å²) in [5.41, 5.74) is 0. The molecule has 0 aliphatic rings. The lowest BCUT2D eigenvalue weighted by atomic mass is 10.0. The summed E-state index contributed by atoms with van der Waals surface area (Å²) in [4.78, 5) is 18.7. The molecular formula is C6H13O8P. The van der Waals surface area contributed by atoms with Gasteiger partial charge in [0, 0.05) is 0 Å². The first-order valence-electron chi connectivity index (χ1n) is 3.94. The van der Waals surface area contributed by atoms with Gasteiger partial charge in [-0.2, -0.15) is 0 Å². The first-order valence-corrected chi connectivity index (χ1v) is 5.20. The Morgan fingerprint density at radius 2 is 1.80 bits per heavy atom. The molecule has 1 unspecified atom stereocenters. The van der Waals surface area contributed by atoms with Gasteiger partial charge in [-0.05, 0) is 0 Å². The maximum atomic E-state index is 10.3. The molecule has 0 aliphatic heterocycles. The molecule has 8 nitrogen and oxygen atoms in total. The number of hydrogen-bond donors (Lipinski definition) is 5. The average molecular weight is 244 g/mol. The fraction of sp³-hybridized carbons (Fsp3) is 0.833. The van der Waals surface area contributed by atoms with Gasteiger partial charge in [-0.3, -0.25) is 9.09 Å². The molecule has 0 rings (SSSR count). The van der Waals surface area contributed by atoms with Crippen molar-refractivity contribution in [2.75, 3.05) is 6.61 Å². The smallest absolute Gasteiger partial charge is 0.317 e. The van der Waals surface area contributed by atoms with Crippen molar-refractivity contribution in [1.82, 2.24) is 0 Å². The summed E-state index contributed by atoms with van der Waals surface area (Å²) in [6.45, 7) is -0.835. The number of carbonyl (C=O) groups excluding carboxylic acids is 1. The van der Waals surface area contributed by atoms with Crippen LogP contribution in [-0.4, -0.2) is 62.6 Å². The number of rotatable bonds is 7. The SMILES string of the molecule is O=C[C@@H](O[PH](=O)O)[C@@H](O)[C@H](O)[C@H](O)CO.